The van der Waals surface area contributed by atoms with Gasteiger partial charge in [0.1, 0.15) is 5.82 Å². The third-order valence-electron chi connectivity index (χ3n) is 3.61. The molecule has 0 unspecified atom stereocenters. The smallest absolute Gasteiger partial charge is 0.255 e. The molecular weight excluding hydrogens is 255 g/mol. The zero-order chi connectivity index (χ0) is 14.5. The van der Waals surface area contributed by atoms with E-state index in [0.717, 1.165) is 25.9 Å². The maximum Gasteiger partial charge on any atom is 0.255 e. The Morgan fingerprint density at radius 3 is 2.80 bits per heavy atom. The second-order valence-electron chi connectivity index (χ2n) is 5.17. The van der Waals surface area contributed by atoms with Gasteiger partial charge in [-0.25, -0.2) is 4.39 Å². The summed E-state index contributed by atoms with van der Waals surface area (Å²) in [5.41, 5.74) is 6.22. The number of piperidine rings is 1. The molecule has 1 amide bonds. The van der Waals surface area contributed by atoms with Crippen LogP contribution in [-0.4, -0.2) is 30.4 Å². The number of hydrogen-bond donors (Lipinski definition) is 1. The lowest BCUT2D eigenvalue weighted by Gasteiger charge is -2.30. The van der Waals surface area contributed by atoms with Crippen molar-refractivity contribution in [1.82, 2.24) is 4.90 Å². The quantitative estimate of drug-likeness (QED) is 0.796. The maximum absolute atomic E-state index is 13.4. The predicted octanol–water partition coefficient (Wildman–Crippen LogP) is 2.01. The Morgan fingerprint density at radius 1 is 1.45 bits per heavy atom. The third kappa shape index (κ3) is 3.37. The third-order valence-corrected chi connectivity index (χ3v) is 3.61. The molecule has 0 aliphatic carbocycles. The Hall–Kier alpha value is -1.86. The molecule has 4 heteroatoms. The van der Waals surface area contributed by atoms with Crippen LogP contribution in [0.5, 0.6) is 0 Å². The fourth-order valence-electron chi connectivity index (χ4n) is 2.33. The summed E-state index contributed by atoms with van der Waals surface area (Å²) in [6.07, 6.45) is 1.98. The second-order valence-corrected chi connectivity index (χ2v) is 5.17. The number of nitrogens with zero attached hydrogens (tertiary/aromatic N) is 1. The van der Waals surface area contributed by atoms with E-state index in [1.807, 2.05) is 0 Å². The van der Waals surface area contributed by atoms with E-state index in [1.165, 1.54) is 18.2 Å². The molecule has 2 N–H and O–H groups in total. The highest BCUT2D eigenvalue weighted by Gasteiger charge is 2.23. The topological polar surface area (TPSA) is 46.3 Å². The van der Waals surface area contributed by atoms with Crippen molar-refractivity contribution < 1.29 is 9.18 Å². The van der Waals surface area contributed by atoms with Gasteiger partial charge in [-0.15, -0.1) is 0 Å². The Kier molecular flexibility index (Phi) is 4.75. The van der Waals surface area contributed by atoms with Crippen molar-refractivity contribution in [2.75, 3.05) is 19.6 Å². The summed E-state index contributed by atoms with van der Waals surface area (Å²) in [4.78, 5) is 14.3. The normalized spacial score (nSPS) is 15.7. The van der Waals surface area contributed by atoms with E-state index in [9.17, 15) is 9.18 Å². The molecule has 0 atom stereocenters. The first-order chi connectivity index (χ1) is 9.61. The van der Waals surface area contributed by atoms with Gasteiger partial charge in [-0.05, 0) is 37.0 Å². The summed E-state index contributed by atoms with van der Waals surface area (Å²) in [6.45, 7) is 3.84. The Balaban J connectivity index is 2.26. The summed E-state index contributed by atoms with van der Waals surface area (Å²) >= 11 is 0. The van der Waals surface area contributed by atoms with Crippen LogP contribution >= 0.6 is 0 Å². The molecule has 106 valence electrons. The number of carbonyl (C=O) groups excluding carboxylic acids is 1. The van der Waals surface area contributed by atoms with Gasteiger partial charge in [0, 0.05) is 18.7 Å². The predicted molar refractivity (Wildman–Crippen MR) is 76.6 cm³/mol. The minimum absolute atomic E-state index is 0.141. The molecule has 1 aliphatic rings. The molecule has 0 radical (unpaired) electrons. The lowest BCUT2D eigenvalue weighted by Crippen LogP contribution is -2.38. The van der Waals surface area contributed by atoms with Crippen LogP contribution in [0.3, 0.4) is 0 Å². The summed E-state index contributed by atoms with van der Waals surface area (Å²) in [5, 5.41) is 0. The van der Waals surface area contributed by atoms with Crippen molar-refractivity contribution in [3.8, 4) is 11.8 Å². The molecule has 0 bridgehead atoms. The fourth-order valence-corrected chi connectivity index (χ4v) is 2.33. The van der Waals surface area contributed by atoms with Gasteiger partial charge in [0.15, 0.2) is 0 Å². The highest BCUT2D eigenvalue weighted by Crippen LogP contribution is 2.20. The average Bonchev–Trinajstić information content (AvgIpc) is 2.46. The second kappa shape index (κ2) is 6.53. The van der Waals surface area contributed by atoms with Gasteiger partial charge < -0.3 is 10.6 Å². The van der Waals surface area contributed by atoms with Crippen LogP contribution in [0.15, 0.2) is 18.2 Å². The molecule has 1 fully saturated rings. The summed E-state index contributed by atoms with van der Waals surface area (Å²) in [6, 6.07) is 4.12. The molecule has 1 aliphatic heterocycles. The van der Waals surface area contributed by atoms with Crippen LogP contribution in [0.2, 0.25) is 0 Å². The molecule has 2 rings (SSSR count). The van der Waals surface area contributed by atoms with Crippen molar-refractivity contribution in [2.45, 2.75) is 19.8 Å². The van der Waals surface area contributed by atoms with E-state index in [2.05, 4.69) is 18.8 Å². The number of amides is 1. The van der Waals surface area contributed by atoms with Crippen molar-refractivity contribution >= 4 is 5.91 Å². The summed E-state index contributed by atoms with van der Waals surface area (Å²) < 4.78 is 13.4. The monoisotopic (exact) mass is 274 g/mol. The van der Waals surface area contributed by atoms with Crippen molar-refractivity contribution in [3.05, 3.63) is 35.1 Å². The van der Waals surface area contributed by atoms with Crippen molar-refractivity contribution in [3.63, 3.8) is 0 Å². The van der Waals surface area contributed by atoms with Gasteiger partial charge in [-0.3, -0.25) is 4.79 Å². The highest BCUT2D eigenvalue weighted by atomic mass is 19.1. The van der Waals surface area contributed by atoms with Gasteiger partial charge in [0.2, 0.25) is 0 Å². The lowest BCUT2D eigenvalue weighted by atomic mass is 9.98. The van der Waals surface area contributed by atoms with Gasteiger partial charge in [-0.1, -0.05) is 18.8 Å². The number of carbonyl (C=O) groups is 1. The number of hydrogen-bond acceptors (Lipinski definition) is 2. The molecule has 1 saturated heterocycles. The Bertz CT molecular complexity index is 551. The van der Waals surface area contributed by atoms with Crippen molar-refractivity contribution in [1.29, 1.82) is 0 Å². The van der Waals surface area contributed by atoms with Crippen LogP contribution in [-0.2, 0) is 0 Å². The molecule has 1 heterocycles. The van der Waals surface area contributed by atoms with E-state index in [0.29, 0.717) is 17.0 Å². The SMILES string of the molecule is CC1CCN(C(=O)c2cc(F)ccc2C#CCN)CC1. The maximum atomic E-state index is 13.4. The van der Waals surface area contributed by atoms with Crippen LogP contribution in [0.25, 0.3) is 0 Å². The Labute approximate surface area is 119 Å². The van der Waals surface area contributed by atoms with E-state index in [4.69, 9.17) is 5.73 Å². The molecule has 0 saturated carbocycles. The van der Waals surface area contributed by atoms with E-state index in [-0.39, 0.29) is 12.5 Å². The first kappa shape index (κ1) is 14.5. The largest absolute Gasteiger partial charge is 0.339 e. The van der Waals surface area contributed by atoms with Crippen LogP contribution in [0.1, 0.15) is 35.7 Å². The zero-order valence-corrected chi connectivity index (χ0v) is 11.7. The average molecular weight is 274 g/mol. The van der Waals surface area contributed by atoms with E-state index in [1.54, 1.807) is 4.90 Å². The number of nitrogens with two attached hydrogens (primary N) is 1. The highest BCUT2D eigenvalue weighted by molar-refractivity contribution is 5.96. The van der Waals surface area contributed by atoms with Gasteiger partial charge in [-0.2, -0.15) is 0 Å². The summed E-state index contributed by atoms with van der Waals surface area (Å²) in [7, 11) is 0. The van der Waals surface area contributed by atoms with Crippen LogP contribution < -0.4 is 5.73 Å². The minimum Gasteiger partial charge on any atom is -0.339 e. The lowest BCUT2D eigenvalue weighted by molar-refractivity contribution is 0.0696. The standard InChI is InChI=1S/C16H19FN2O/c1-12-6-9-19(10-7-12)16(20)15-11-14(17)5-4-13(15)3-2-8-18/h4-5,11-12H,6-10,18H2,1H3. The van der Waals surface area contributed by atoms with Crippen LogP contribution in [0.4, 0.5) is 4.39 Å². The number of rotatable bonds is 1. The van der Waals surface area contributed by atoms with Gasteiger partial charge in [0.25, 0.3) is 5.91 Å². The molecule has 0 spiro atoms. The summed E-state index contributed by atoms with van der Waals surface area (Å²) in [5.74, 6) is 5.63. The van der Waals surface area contributed by atoms with Gasteiger partial charge in [0.05, 0.1) is 12.1 Å². The van der Waals surface area contributed by atoms with E-state index >= 15 is 0 Å². The molecule has 3 nitrogen and oxygen atoms in total. The minimum atomic E-state index is -0.419. The van der Waals surface area contributed by atoms with Gasteiger partial charge >= 0.3 is 0 Å². The first-order valence-electron chi connectivity index (χ1n) is 6.89. The van der Waals surface area contributed by atoms with E-state index < -0.39 is 5.82 Å². The molecule has 1 aromatic rings. The fraction of sp³-hybridized carbons (Fsp3) is 0.438. The molecular formula is C16H19FN2O. The first-order valence-corrected chi connectivity index (χ1v) is 6.89. The van der Waals surface area contributed by atoms with Crippen molar-refractivity contribution in [2.24, 2.45) is 11.7 Å². The molecule has 0 aromatic heterocycles. The zero-order valence-electron chi connectivity index (χ0n) is 11.7. The molecule has 1 aromatic carbocycles. The number of halogens is 1. The number of likely N-dealkylation sites (tertiary alicyclic amines) is 1. The number of benzene rings is 1. The molecule has 20 heavy (non-hydrogen) atoms. The Morgan fingerprint density at radius 2 is 2.15 bits per heavy atom. The van der Waals surface area contributed by atoms with Crippen LogP contribution in [0, 0.1) is 23.6 Å².